The monoisotopic (exact) mass is 381 g/mol. The number of nitrogens with zero attached hydrogens (tertiary/aromatic N) is 2. The van der Waals surface area contributed by atoms with Gasteiger partial charge in [0, 0.05) is 6.54 Å². The topological polar surface area (TPSA) is 76.4 Å². The molecule has 1 amide bonds. The molecule has 0 aliphatic rings. The Hall–Kier alpha value is -3.02. The minimum absolute atomic E-state index is 0.314. The summed E-state index contributed by atoms with van der Waals surface area (Å²) in [4.78, 5) is 16.2. The molecule has 0 aliphatic heterocycles. The Bertz CT molecular complexity index is 985. The zero-order valence-electron chi connectivity index (χ0n) is 17.0. The highest BCUT2D eigenvalue weighted by molar-refractivity contribution is 5.83. The minimum atomic E-state index is -1.05. The lowest BCUT2D eigenvalue weighted by Gasteiger charge is -2.30. The summed E-state index contributed by atoms with van der Waals surface area (Å²) >= 11 is 0. The number of aryl methyl sites for hydroxylation is 1. The summed E-state index contributed by atoms with van der Waals surface area (Å²) in [5.41, 5.74) is 3.70. The van der Waals surface area contributed by atoms with E-state index in [4.69, 9.17) is 9.72 Å². The van der Waals surface area contributed by atoms with Crippen LogP contribution in [0.15, 0.2) is 42.5 Å². The van der Waals surface area contributed by atoms with E-state index in [0.717, 1.165) is 33.7 Å². The molecule has 28 heavy (non-hydrogen) atoms. The molecule has 3 aromatic rings. The van der Waals surface area contributed by atoms with E-state index in [0.29, 0.717) is 6.54 Å². The molecule has 0 radical (unpaired) electrons. The molecule has 0 spiro atoms. The van der Waals surface area contributed by atoms with Crippen LogP contribution in [0, 0.1) is 5.41 Å². The molecular weight excluding hydrogens is 354 g/mol. The zero-order chi connectivity index (χ0) is 20.5. The molecule has 2 aromatic carbocycles. The van der Waals surface area contributed by atoms with Gasteiger partial charge in [-0.25, -0.2) is 9.78 Å². The molecule has 3 rings (SSSR count). The van der Waals surface area contributed by atoms with Gasteiger partial charge in [0.25, 0.3) is 0 Å². The summed E-state index contributed by atoms with van der Waals surface area (Å²) < 4.78 is 7.33. The molecule has 148 valence electrons. The van der Waals surface area contributed by atoms with Gasteiger partial charge in [0.15, 0.2) is 0 Å². The van der Waals surface area contributed by atoms with E-state index in [1.165, 1.54) is 0 Å². The van der Waals surface area contributed by atoms with E-state index in [2.05, 4.69) is 16.0 Å². The van der Waals surface area contributed by atoms with Gasteiger partial charge in [0.05, 0.1) is 24.2 Å². The van der Waals surface area contributed by atoms with Crippen molar-refractivity contribution in [1.82, 2.24) is 14.9 Å². The van der Waals surface area contributed by atoms with Crippen molar-refractivity contribution in [1.29, 1.82) is 0 Å². The van der Waals surface area contributed by atoms with Crippen LogP contribution < -0.4 is 10.1 Å². The number of imidazole rings is 1. The van der Waals surface area contributed by atoms with Crippen molar-refractivity contribution in [3.05, 3.63) is 48.3 Å². The highest BCUT2D eigenvalue weighted by Gasteiger charge is 2.32. The Morgan fingerprint density at radius 2 is 1.82 bits per heavy atom. The third-order valence-corrected chi connectivity index (χ3v) is 4.91. The first-order valence-electron chi connectivity index (χ1n) is 9.38. The molecule has 6 nitrogen and oxygen atoms in total. The SMILES string of the molecule is CCn1c(C(NC(=O)O)C(C)(C)C)nc2ccc(-c3ccc(OC)cc3)cc21. The summed E-state index contributed by atoms with van der Waals surface area (Å²) in [6, 6.07) is 13.7. The first-order valence-corrected chi connectivity index (χ1v) is 9.38. The number of nitrogens with one attached hydrogen (secondary N) is 1. The average Bonchev–Trinajstić information content (AvgIpc) is 3.02. The second-order valence-corrected chi connectivity index (χ2v) is 7.89. The molecule has 0 fully saturated rings. The Morgan fingerprint density at radius 1 is 1.18 bits per heavy atom. The van der Waals surface area contributed by atoms with Crippen molar-refractivity contribution in [3.8, 4) is 16.9 Å². The summed E-state index contributed by atoms with van der Waals surface area (Å²) in [6.07, 6.45) is -1.05. The van der Waals surface area contributed by atoms with E-state index in [1.807, 2.05) is 64.1 Å². The molecule has 1 heterocycles. The van der Waals surface area contributed by atoms with Crippen LogP contribution >= 0.6 is 0 Å². The second-order valence-electron chi connectivity index (χ2n) is 7.89. The van der Waals surface area contributed by atoms with Gasteiger partial charge in [-0.2, -0.15) is 0 Å². The number of hydrogen-bond donors (Lipinski definition) is 2. The molecule has 1 unspecified atom stereocenters. The molecule has 0 bridgehead atoms. The predicted octanol–water partition coefficient (Wildman–Crippen LogP) is 5.09. The fraction of sp³-hybridized carbons (Fsp3) is 0.364. The van der Waals surface area contributed by atoms with Crippen LogP contribution in [0.3, 0.4) is 0 Å². The number of carbonyl (C=O) groups is 1. The van der Waals surface area contributed by atoms with Crippen molar-refractivity contribution < 1.29 is 14.6 Å². The maximum absolute atomic E-state index is 11.4. The van der Waals surface area contributed by atoms with Gasteiger partial charge in [-0.1, -0.05) is 39.0 Å². The van der Waals surface area contributed by atoms with Gasteiger partial charge in [-0.05, 0) is 47.7 Å². The maximum Gasteiger partial charge on any atom is 0.405 e. The largest absolute Gasteiger partial charge is 0.497 e. The van der Waals surface area contributed by atoms with Crippen molar-refractivity contribution in [2.75, 3.05) is 7.11 Å². The summed E-state index contributed by atoms with van der Waals surface area (Å²) in [6.45, 7) is 8.78. The molecule has 0 saturated heterocycles. The number of methoxy groups -OCH3 is 1. The van der Waals surface area contributed by atoms with Crippen molar-refractivity contribution in [3.63, 3.8) is 0 Å². The van der Waals surface area contributed by atoms with Gasteiger partial charge in [0.2, 0.25) is 0 Å². The Labute approximate surface area is 165 Å². The van der Waals surface area contributed by atoms with Crippen LogP contribution in [-0.2, 0) is 6.54 Å². The number of benzene rings is 2. The van der Waals surface area contributed by atoms with Gasteiger partial charge in [-0.15, -0.1) is 0 Å². The maximum atomic E-state index is 11.4. The first kappa shape index (κ1) is 19.7. The normalized spacial score (nSPS) is 12.8. The Balaban J connectivity index is 2.12. The number of aromatic nitrogens is 2. The predicted molar refractivity (Wildman–Crippen MR) is 111 cm³/mol. The number of rotatable bonds is 5. The molecule has 1 aromatic heterocycles. The summed E-state index contributed by atoms with van der Waals surface area (Å²) in [5.74, 6) is 1.55. The summed E-state index contributed by atoms with van der Waals surface area (Å²) in [5, 5.41) is 12.0. The third kappa shape index (κ3) is 3.81. The molecule has 2 N–H and O–H groups in total. The molecule has 6 heteroatoms. The van der Waals surface area contributed by atoms with Crippen LogP contribution in [0.2, 0.25) is 0 Å². The van der Waals surface area contributed by atoms with Crippen molar-refractivity contribution in [2.45, 2.75) is 40.3 Å². The molecule has 1 atom stereocenters. The lowest BCUT2D eigenvalue weighted by Crippen LogP contribution is -2.37. The number of amides is 1. The lowest BCUT2D eigenvalue weighted by molar-refractivity contribution is 0.172. The fourth-order valence-corrected chi connectivity index (χ4v) is 3.45. The van der Waals surface area contributed by atoms with Crippen LogP contribution in [0.5, 0.6) is 5.75 Å². The van der Waals surface area contributed by atoms with Gasteiger partial charge < -0.3 is 19.7 Å². The highest BCUT2D eigenvalue weighted by Crippen LogP contribution is 2.35. The minimum Gasteiger partial charge on any atom is -0.497 e. The van der Waals surface area contributed by atoms with E-state index in [-0.39, 0.29) is 5.41 Å². The van der Waals surface area contributed by atoms with E-state index in [9.17, 15) is 9.90 Å². The fourth-order valence-electron chi connectivity index (χ4n) is 3.45. The first-order chi connectivity index (χ1) is 13.2. The lowest BCUT2D eigenvalue weighted by atomic mass is 9.86. The number of fused-ring (bicyclic) bond motifs is 1. The van der Waals surface area contributed by atoms with Crippen LogP contribution in [0.4, 0.5) is 4.79 Å². The number of carboxylic acid groups (broad SMARTS) is 1. The van der Waals surface area contributed by atoms with Gasteiger partial charge in [-0.3, -0.25) is 0 Å². The van der Waals surface area contributed by atoms with Gasteiger partial charge in [0.1, 0.15) is 11.6 Å². The Kier molecular flexibility index (Phi) is 5.31. The van der Waals surface area contributed by atoms with Gasteiger partial charge >= 0.3 is 6.09 Å². The molecule has 0 saturated carbocycles. The second kappa shape index (κ2) is 7.54. The van der Waals surface area contributed by atoms with E-state index < -0.39 is 12.1 Å². The van der Waals surface area contributed by atoms with E-state index >= 15 is 0 Å². The average molecular weight is 381 g/mol. The Morgan fingerprint density at radius 3 is 2.36 bits per heavy atom. The smallest absolute Gasteiger partial charge is 0.405 e. The summed E-state index contributed by atoms with van der Waals surface area (Å²) in [7, 11) is 1.65. The van der Waals surface area contributed by atoms with Crippen LogP contribution in [0.1, 0.15) is 39.6 Å². The van der Waals surface area contributed by atoms with Crippen LogP contribution in [-0.4, -0.2) is 27.9 Å². The third-order valence-electron chi connectivity index (χ3n) is 4.91. The zero-order valence-corrected chi connectivity index (χ0v) is 17.0. The van der Waals surface area contributed by atoms with E-state index in [1.54, 1.807) is 7.11 Å². The highest BCUT2D eigenvalue weighted by atomic mass is 16.5. The van der Waals surface area contributed by atoms with Crippen molar-refractivity contribution in [2.24, 2.45) is 5.41 Å². The molecule has 0 aliphatic carbocycles. The number of ether oxygens (including phenoxy) is 1. The standard InChI is InChI=1S/C22H27N3O3/c1-6-25-18-13-15(14-7-10-16(28-5)11-8-14)9-12-17(18)23-20(25)19(22(2,3)4)24-21(26)27/h7-13,19,24H,6H2,1-5H3,(H,26,27). The quantitative estimate of drug-likeness (QED) is 0.646. The number of hydrogen-bond acceptors (Lipinski definition) is 3. The van der Waals surface area contributed by atoms with Crippen LogP contribution in [0.25, 0.3) is 22.2 Å². The van der Waals surface area contributed by atoms with Crippen molar-refractivity contribution >= 4 is 17.1 Å². The molecular formula is C22H27N3O3.